The number of aromatic nitrogens is 2. The minimum absolute atomic E-state index is 0.00687. The van der Waals surface area contributed by atoms with Crippen molar-refractivity contribution < 1.29 is 13.2 Å². The van der Waals surface area contributed by atoms with Crippen LogP contribution in [0.2, 0.25) is 0 Å². The first-order valence-corrected chi connectivity index (χ1v) is 11.6. The van der Waals surface area contributed by atoms with Crippen LogP contribution in [0, 0.1) is 0 Å². The predicted octanol–water partition coefficient (Wildman–Crippen LogP) is 3.63. The monoisotopic (exact) mass is 462 g/mol. The average Bonchev–Trinajstić information content (AvgIpc) is 3.16. The molecule has 1 aromatic heterocycles. The number of ether oxygens (including phenoxy) is 1. The SMILES string of the molecule is COc1ccc(-n2[nH]c(-c3ccccc3)c(C(C)=Nc3ccc(S(N)(=O)=O)cc3)c2=O)cc1. The Morgan fingerprint density at radius 3 is 2.18 bits per heavy atom. The summed E-state index contributed by atoms with van der Waals surface area (Å²) in [7, 11) is -2.22. The van der Waals surface area contributed by atoms with E-state index in [1.165, 1.54) is 16.8 Å². The summed E-state index contributed by atoms with van der Waals surface area (Å²) < 4.78 is 29.7. The number of H-pyrrole nitrogens is 1. The van der Waals surface area contributed by atoms with Crippen molar-refractivity contribution in [1.82, 2.24) is 9.78 Å². The summed E-state index contributed by atoms with van der Waals surface area (Å²) in [5.74, 6) is 0.683. The number of nitrogens with one attached hydrogen (secondary N) is 1. The zero-order valence-corrected chi connectivity index (χ0v) is 18.8. The molecule has 0 aliphatic heterocycles. The zero-order valence-electron chi connectivity index (χ0n) is 18.0. The number of nitrogens with zero attached hydrogens (tertiary/aromatic N) is 2. The molecule has 4 rings (SSSR count). The van der Waals surface area contributed by atoms with Crippen LogP contribution in [-0.2, 0) is 10.0 Å². The fourth-order valence-electron chi connectivity index (χ4n) is 3.46. The van der Waals surface area contributed by atoms with Crippen LogP contribution in [0.3, 0.4) is 0 Å². The van der Waals surface area contributed by atoms with Crippen LogP contribution in [0.5, 0.6) is 5.75 Å². The van der Waals surface area contributed by atoms with Crippen LogP contribution in [0.25, 0.3) is 16.9 Å². The normalized spacial score (nSPS) is 12.0. The second-order valence-electron chi connectivity index (χ2n) is 7.30. The van der Waals surface area contributed by atoms with Crippen LogP contribution in [0.1, 0.15) is 12.5 Å². The quantitative estimate of drug-likeness (QED) is 0.425. The molecule has 0 saturated carbocycles. The van der Waals surface area contributed by atoms with Crippen LogP contribution in [0.15, 0.2) is 93.5 Å². The van der Waals surface area contributed by atoms with E-state index in [9.17, 15) is 13.2 Å². The number of sulfonamides is 1. The van der Waals surface area contributed by atoms with Crippen molar-refractivity contribution in [3.63, 3.8) is 0 Å². The minimum atomic E-state index is -3.80. The van der Waals surface area contributed by atoms with Crippen molar-refractivity contribution in [2.45, 2.75) is 11.8 Å². The lowest BCUT2D eigenvalue weighted by Crippen LogP contribution is -2.19. The molecular formula is C24H22N4O4S. The lowest BCUT2D eigenvalue weighted by Gasteiger charge is -2.04. The van der Waals surface area contributed by atoms with Gasteiger partial charge in [0.2, 0.25) is 10.0 Å². The average molecular weight is 463 g/mol. The van der Waals surface area contributed by atoms with Crippen LogP contribution >= 0.6 is 0 Å². The lowest BCUT2D eigenvalue weighted by atomic mass is 10.1. The Hall–Kier alpha value is -3.95. The van der Waals surface area contributed by atoms with Crippen molar-refractivity contribution in [3.8, 4) is 22.7 Å². The number of rotatable bonds is 6. The van der Waals surface area contributed by atoms with E-state index in [1.54, 1.807) is 50.4 Å². The first kappa shape index (κ1) is 22.3. The molecular weight excluding hydrogens is 440 g/mol. The number of benzene rings is 3. The maximum Gasteiger partial charge on any atom is 0.280 e. The summed E-state index contributed by atoms with van der Waals surface area (Å²) in [6, 6.07) is 22.5. The van der Waals surface area contributed by atoms with Gasteiger partial charge in [-0.3, -0.25) is 14.9 Å². The van der Waals surface area contributed by atoms with Gasteiger partial charge in [-0.15, -0.1) is 0 Å². The van der Waals surface area contributed by atoms with Gasteiger partial charge in [-0.25, -0.2) is 18.2 Å². The molecule has 4 aromatic rings. The van der Waals surface area contributed by atoms with Crippen molar-refractivity contribution in [1.29, 1.82) is 0 Å². The third-order valence-electron chi connectivity index (χ3n) is 5.11. The van der Waals surface area contributed by atoms with Crippen molar-refractivity contribution in [2.24, 2.45) is 10.1 Å². The Kier molecular flexibility index (Phi) is 5.99. The first-order chi connectivity index (χ1) is 15.8. The van der Waals surface area contributed by atoms with E-state index in [1.807, 2.05) is 30.3 Å². The van der Waals surface area contributed by atoms with Crippen LogP contribution in [0.4, 0.5) is 5.69 Å². The van der Waals surface area contributed by atoms with Gasteiger partial charge in [-0.1, -0.05) is 30.3 Å². The van der Waals surface area contributed by atoms with Gasteiger partial charge in [-0.05, 0) is 55.5 Å². The molecule has 0 aliphatic rings. The number of primary sulfonamides is 1. The van der Waals surface area contributed by atoms with E-state index in [0.29, 0.717) is 34.1 Å². The lowest BCUT2D eigenvalue weighted by molar-refractivity contribution is 0.414. The summed E-state index contributed by atoms with van der Waals surface area (Å²) >= 11 is 0. The summed E-state index contributed by atoms with van der Waals surface area (Å²) in [6.07, 6.45) is 0. The number of hydrogen-bond donors (Lipinski definition) is 2. The van der Waals surface area contributed by atoms with Gasteiger partial charge in [0.15, 0.2) is 0 Å². The van der Waals surface area contributed by atoms with E-state index in [0.717, 1.165) is 5.56 Å². The number of methoxy groups -OCH3 is 1. The molecule has 0 unspecified atom stereocenters. The Bertz CT molecular complexity index is 1470. The number of nitrogens with two attached hydrogens (primary N) is 1. The van der Waals surface area contributed by atoms with Gasteiger partial charge in [0, 0.05) is 5.56 Å². The third kappa shape index (κ3) is 4.64. The second kappa shape index (κ2) is 8.89. The molecule has 168 valence electrons. The molecule has 3 N–H and O–H groups in total. The zero-order chi connectivity index (χ0) is 23.6. The Labute approximate surface area is 191 Å². The van der Waals surface area contributed by atoms with Gasteiger partial charge < -0.3 is 4.74 Å². The van der Waals surface area contributed by atoms with E-state index in [4.69, 9.17) is 9.88 Å². The number of aliphatic imine (C=N–C) groups is 1. The number of aromatic amines is 1. The molecule has 0 spiro atoms. The van der Waals surface area contributed by atoms with Gasteiger partial charge in [0.05, 0.1) is 40.3 Å². The van der Waals surface area contributed by atoms with Crippen LogP contribution < -0.4 is 15.4 Å². The highest BCUT2D eigenvalue weighted by Crippen LogP contribution is 2.24. The van der Waals surface area contributed by atoms with Crippen molar-refractivity contribution in [2.75, 3.05) is 7.11 Å². The molecule has 8 nitrogen and oxygen atoms in total. The molecule has 3 aromatic carbocycles. The highest BCUT2D eigenvalue weighted by Gasteiger charge is 2.19. The minimum Gasteiger partial charge on any atom is -0.497 e. The number of hydrogen-bond acceptors (Lipinski definition) is 5. The highest BCUT2D eigenvalue weighted by atomic mass is 32.2. The molecule has 0 amide bonds. The molecule has 9 heteroatoms. The molecule has 0 radical (unpaired) electrons. The van der Waals surface area contributed by atoms with Crippen molar-refractivity contribution in [3.05, 3.63) is 94.8 Å². The van der Waals surface area contributed by atoms with Crippen molar-refractivity contribution >= 4 is 21.4 Å². The summed E-state index contributed by atoms with van der Waals surface area (Å²) in [5.41, 5.74) is 3.22. The maximum atomic E-state index is 13.5. The Morgan fingerprint density at radius 2 is 1.61 bits per heavy atom. The fourth-order valence-corrected chi connectivity index (χ4v) is 3.98. The molecule has 0 bridgehead atoms. The smallest absolute Gasteiger partial charge is 0.280 e. The van der Waals surface area contributed by atoms with Gasteiger partial charge in [0.1, 0.15) is 5.75 Å². The molecule has 1 heterocycles. The van der Waals surface area contributed by atoms with E-state index in [2.05, 4.69) is 10.1 Å². The Balaban J connectivity index is 1.84. The first-order valence-electron chi connectivity index (χ1n) is 10.0. The molecule has 0 atom stereocenters. The van der Waals surface area contributed by atoms with E-state index < -0.39 is 10.0 Å². The van der Waals surface area contributed by atoms with Gasteiger partial charge in [-0.2, -0.15) is 0 Å². The largest absolute Gasteiger partial charge is 0.497 e. The van der Waals surface area contributed by atoms with Gasteiger partial charge in [0.25, 0.3) is 5.56 Å². The van der Waals surface area contributed by atoms with Gasteiger partial charge >= 0.3 is 0 Å². The summed E-state index contributed by atoms with van der Waals surface area (Å²) in [4.78, 5) is 18.0. The van der Waals surface area contributed by atoms with E-state index in [-0.39, 0.29) is 10.5 Å². The van der Waals surface area contributed by atoms with Crippen LogP contribution in [-0.4, -0.2) is 31.0 Å². The Morgan fingerprint density at radius 1 is 0.970 bits per heavy atom. The molecule has 0 fully saturated rings. The maximum absolute atomic E-state index is 13.5. The molecule has 33 heavy (non-hydrogen) atoms. The van der Waals surface area contributed by atoms with E-state index >= 15 is 0 Å². The summed E-state index contributed by atoms with van der Waals surface area (Å²) in [6.45, 7) is 1.74. The fraction of sp³-hybridized carbons (Fsp3) is 0.0833. The molecule has 0 aliphatic carbocycles. The standard InChI is InChI=1S/C24H22N4O4S/c1-16(26-18-8-14-21(15-9-18)33(25,30)31)22-23(17-6-4-3-5-7-17)27-28(24(22)29)19-10-12-20(32-2)13-11-19/h3-15,27H,1-2H3,(H2,25,30,31). The summed E-state index contributed by atoms with van der Waals surface area (Å²) in [5, 5.41) is 8.36. The second-order valence-corrected chi connectivity index (χ2v) is 8.86. The molecule has 0 saturated heterocycles. The predicted molar refractivity (Wildman–Crippen MR) is 128 cm³/mol. The topological polar surface area (TPSA) is 120 Å². The third-order valence-corrected chi connectivity index (χ3v) is 6.04. The highest BCUT2D eigenvalue weighted by molar-refractivity contribution is 7.89.